The lowest BCUT2D eigenvalue weighted by atomic mass is 10.1. The van der Waals surface area contributed by atoms with Gasteiger partial charge in [0.05, 0.1) is 17.0 Å². The summed E-state index contributed by atoms with van der Waals surface area (Å²) in [5.74, 6) is -0.878. The molecule has 0 unspecified atom stereocenters. The average molecular weight is 294 g/mol. The second-order valence-electron chi connectivity index (χ2n) is 4.64. The van der Waals surface area contributed by atoms with Gasteiger partial charge in [-0.1, -0.05) is 0 Å². The maximum absolute atomic E-state index is 12.0. The molecule has 21 heavy (non-hydrogen) atoms. The number of carbonyl (C=O) groups is 2. The fraction of sp³-hybridized carbons (Fsp3) is 0.385. The summed E-state index contributed by atoms with van der Waals surface area (Å²) in [5, 5.41) is 18.6. The zero-order valence-electron chi connectivity index (χ0n) is 12.1. The van der Waals surface area contributed by atoms with Crippen LogP contribution in [0.2, 0.25) is 0 Å². The Kier molecular flexibility index (Phi) is 5.65. The summed E-state index contributed by atoms with van der Waals surface area (Å²) in [6.45, 7) is 3.42. The number of nitrogens with one attached hydrogen (secondary N) is 3. The number of amides is 2. The molecule has 0 saturated carbocycles. The van der Waals surface area contributed by atoms with Crippen molar-refractivity contribution >= 4 is 23.2 Å². The largest absolute Gasteiger partial charge is 0.387 e. The summed E-state index contributed by atoms with van der Waals surface area (Å²) in [6.07, 6.45) is 0. The smallest absolute Gasteiger partial charge is 0.270 e. The Balaban J connectivity index is 2.83. The summed E-state index contributed by atoms with van der Waals surface area (Å²) in [5.41, 5.74) is 0.372. The van der Waals surface area contributed by atoms with E-state index in [2.05, 4.69) is 16.0 Å². The maximum Gasteiger partial charge on any atom is 0.270 e. The molecule has 1 aromatic rings. The molecule has 2 amide bonds. The number of benzene rings is 1. The molecule has 0 aromatic heterocycles. The van der Waals surface area contributed by atoms with E-state index in [0.717, 1.165) is 0 Å². The van der Waals surface area contributed by atoms with Crippen molar-refractivity contribution in [2.24, 2.45) is 0 Å². The molecule has 0 atom stereocenters. The van der Waals surface area contributed by atoms with Gasteiger partial charge in [0.1, 0.15) is 0 Å². The maximum atomic E-state index is 12.0. The Morgan fingerprint density at radius 1 is 1.33 bits per heavy atom. The molecular formula is C13H18N4O4. The Morgan fingerprint density at radius 2 is 2.00 bits per heavy atom. The van der Waals surface area contributed by atoms with E-state index in [1.165, 1.54) is 18.2 Å². The molecule has 3 N–H and O–H groups in total. The number of carbonyl (C=O) groups excluding carboxylic acids is 2. The number of nitro groups is 1. The van der Waals surface area contributed by atoms with Crippen LogP contribution in [0.5, 0.6) is 0 Å². The third kappa shape index (κ3) is 4.75. The molecule has 0 heterocycles. The van der Waals surface area contributed by atoms with Crippen LogP contribution < -0.4 is 16.0 Å². The molecule has 0 radical (unpaired) electrons. The first-order valence-electron chi connectivity index (χ1n) is 6.39. The van der Waals surface area contributed by atoms with Crippen LogP contribution >= 0.6 is 0 Å². The van der Waals surface area contributed by atoms with Gasteiger partial charge in [0.2, 0.25) is 5.91 Å². The van der Waals surface area contributed by atoms with E-state index in [1.807, 2.05) is 0 Å². The standard InChI is InChI=1S/C13H18N4O4/c1-8(2)16-12(18)7-15-13(19)10-6-9(17(20)21)4-5-11(10)14-3/h4-6,8,14H,7H2,1-3H3,(H,15,19)(H,16,18). The van der Waals surface area contributed by atoms with Crippen molar-refractivity contribution in [3.63, 3.8) is 0 Å². The predicted molar refractivity (Wildman–Crippen MR) is 78.3 cm³/mol. The molecule has 0 fully saturated rings. The first-order chi connectivity index (χ1) is 9.85. The molecule has 0 aliphatic rings. The quantitative estimate of drug-likeness (QED) is 0.532. The molecule has 0 aliphatic carbocycles. The van der Waals surface area contributed by atoms with Crippen molar-refractivity contribution in [3.8, 4) is 0 Å². The second-order valence-corrected chi connectivity index (χ2v) is 4.64. The van der Waals surface area contributed by atoms with Gasteiger partial charge >= 0.3 is 0 Å². The summed E-state index contributed by atoms with van der Waals surface area (Å²) in [6, 6.07) is 3.89. The van der Waals surface area contributed by atoms with Crippen LogP contribution in [-0.4, -0.2) is 36.4 Å². The molecule has 8 nitrogen and oxygen atoms in total. The fourth-order valence-electron chi connectivity index (χ4n) is 1.68. The molecule has 0 saturated heterocycles. The fourth-order valence-corrected chi connectivity index (χ4v) is 1.68. The number of hydrogen-bond donors (Lipinski definition) is 3. The average Bonchev–Trinajstić information content (AvgIpc) is 2.43. The SMILES string of the molecule is CNc1ccc([N+](=O)[O-])cc1C(=O)NCC(=O)NC(C)C. The van der Waals surface area contributed by atoms with Crippen LogP contribution in [0.3, 0.4) is 0 Å². The highest BCUT2D eigenvalue weighted by atomic mass is 16.6. The summed E-state index contributed by atoms with van der Waals surface area (Å²) in [4.78, 5) is 33.7. The zero-order chi connectivity index (χ0) is 16.0. The van der Waals surface area contributed by atoms with E-state index < -0.39 is 10.8 Å². The molecule has 1 rings (SSSR count). The lowest BCUT2D eigenvalue weighted by Gasteiger charge is -2.11. The van der Waals surface area contributed by atoms with E-state index in [4.69, 9.17) is 0 Å². The highest BCUT2D eigenvalue weighted by Crippen LogP contribution is 2.21. The van der Waals surface area contributed by atoms with Gasteiger partial charge in [0.25, 0.3) is 11.6 Å². The van der Waals surface area contributed by atoms with Crippen molar-refractivity contribution in [1.29, 1.82) is 0 Å². The molecule has 114 valence electrons. The molecule has 8 heteroatoms. The van der Waals surface area contributed by atoms with Gasteiger partial charge < -0.3 is 16.0 Å². The van der Waals surface area contributed by atoms with Crippen molar-refractivity contribution < 1.29 is 14.5 Å². The van der Waals surface area contributed by atoms with Crippen LogP contribution in [0.25, 0.3) is 0 Å². The first kappa shape index (κ1) is 16.4. The van der Waals surface area contributed by atoms with Gasteiger partial charge in [-0.3, -0.25) is 19.7 Å². The lowest BCUT2D eigenvalue weighted by molar-refractivity contribution is -0.384. The molecule has 0 bridgehead atoms. The number of nitro benzene ring substituents is 1. The third-order valence-corrected chi connectivity index (χ3v) is 2.59. The highest BCUT2D eigenvalue weighted by Gasteiger charge is 2.16. The summed E-state index contributed by atoms with van der Waals surface area (Å²) in [7, 11) is 1.60. The van der Waals surface area contributed by atoms with Crippen molar-refractivity contribution in [1.82, 2.24) is 10.6 Å². The topological polar surface area (TPSA) is 113 Å². The van der Waals surface area contributed by atoms with Crippen LogP contribution in [0.4, 0.5) is 11.4 Å². The number of nitrogens with zero attached hydrogens (tertiary/aromatic N) is 1. The Hall–Kier alpha value is -2.64. The van der Waals surface area contributed by atoms with Gasteiger partial charge in [-0.2, -0.15) is 0 Å². The lowest BCUT2D eigenvalue weighted by Crippen LogP contribution is -2.39. The first-order valence-corrected chi connectivity index (χ1v) is 6.39. The minimum atomic E-state index is -0.582. The number of anilines is 1. The van der Waals surface area contributed by atoms with Crippen molar-refractivity contribution in [2.45, 2.75) is 19.9 Å². The summed E-state index contributed by atoms with van der Waals surface area (Å²) >= 11 is 0. The molecule has 1 aromatic carbocycles. The van der Waals surface area contributed by atoms with Crippen molar-refractivity contribution in [3.05, 3.63) is 33.9 Å². The van der Waals surface area contributed by atoms with Crippen LogP contribution in [0, 0.1) is 10.1 Å². The minimum absolute atomic E-state index is 0.0277. The van der Waals surface area contributed by atoms with Crippen molar-refractivity contribution in [2.75, 3.05) is 18.9 Å². The highest BCUT2D eigenvalue weighted by molar-refractivity contribution is 6.01. The van der Waals surface area contributed by atoms with Gasteiger partial charge in [-0.05, 0) is 19.9 Å². The predicted octanol–water partition coefficient (Wildman–Crippen LogP) is 0.891. The van der Waals surface area contributed by atoms with E-state index in [-0.39, 0.29) is 29.7 Å². The zero-order valence-corrected chi connectivity index (χ0v) is 12.1. The third-order valence-electron chi connectivity index (χ3n) is 2.59. The van der Waals surface area contributed by atoms with E-state index in [0.29, 0.717) is 5.69 Å². The number of hydrogen-bond acceptors (Lipinski definition) is 5. The van der Waals surface area contributed by atoms with E-state index >= 15 is 0 Å². The Morgan fingerprint density at radius 3 is 2.52 bits per heavy atom. The summed E-state index contributed by atoms with van der Waals surface area (Å²) < 4.78 is 0. The van der Waals surface area contributed by atoms with Gasteiger partial charge in [-0.25, -0.2) is 0 Å². The monoisotopic (exact) mass is 294 g/mol. The normalized spacial score (nSPS) is 10.1. The molecule has 0 aliphatic heterocycles. The number of non-ortho nitro benzene ring substituents is 1. The van der Waals surface area contributed by atoms with E-state index in [1.54, 1.807) is 20.9 Å². The van der Waals surface area contributed by atoms with Crippen LogP contribution in [-0.2, 0) is 4.79 Å². The van der Waals surface area contributed by atoms with Gasteiger partial charge in [-0.15, -0.1) is 0 Å². The van der Waals surface area contributed by atoms with Crippen LogP contribution in [0.1, 0.15) is 24.2 Å². The van der Waals surface area contributed by atoms with Gasteiger partial charge in [0, 0.05) is 30.9 Å². The molecule has 0 spiro atoms. The second kappa shape index (κ2) is 7.22. The Labute approximate surface area is 122 Å². The van der Waals surface area contributed by atoms with E-state index in [9.17, 15) is 19.7 Å². The van der Waals surface area contributed by atoms with Gasteiger partial charge in [0.15, 0.2) is 0 Å². The molecular weight excluding hydrogens is 276 g/mol. The number of rotatable bonds is 6. The Bertz CT molecular complexity index is 557. The minimum Gasteiger partial charge on any atom is -0.387 e. The van der Waals surface area contributed by atoms with Crippen LogP contribution in [0.15, 0.2) is 18.2 Å².